The van der Waals surface area contributed by atoms with Gasteiger partial charge >= 0.3 is 0 Å². The lowest BCUT2D eigenvalue weighted by Crippen LogP contribution is -2.06. The fraction of sp³-hybridized carbons (Fsp3) is 0.188. The van der Waals surface area contributed by atoms with E-state index in [2.05, 4.69) is 38.5 Å². The molecule has 5 heteroatoms. The van der Waals surface area contributed by atoms with Crippen LogP contribution in [0.3, 0.4) is 0 Å². The smallest absolute Gasteiger partial charge is 0.147 e. The van der Waals surface area contributed by atoms with Crippen LogP contribution in [0.4, 0.5) is 5.69 Å². The van der Waals surface area contributed by atoms with E-state index in [0.717, 1.165) is 27.9 Å². The molecule has 4 nitrogen and oxygen atoms in total. The Morgan fingerprint density at radius 1 is 1.24 bits per heavy atom. The lowest BCUT2D eigenvalue weighted by atomic mass is 10.3. The molecule has 0 bridgehead atoms. The maximum absolute atomic E-state index is 5.89. The molecule has 0 aliphatic heterocycles. The molecule has 2 N–H and O–H groups in total. The predicted octanol–water partition coefficient (Wildman–Crippen LogP) is 3.98. The number of nitrogen functional groups attached to an aromatic ring is 1. The number of benzene rings is 2. The van der Waals surface area contributed by atoms with Gasteiger partial charge in [-0.25, -0.2) is 4.98 Å². The zero-order valence-corrected chi connectivity index (χ0v) is 13.3. The molecule has 108 valence electrons. The number of aryl methyl sites for hydroxylation is 1. The number of para-hydroxylation sites is 2. The van der Waals surface area contributed by atoms with Crippen LogP contribution in [0.25, 0.3) is 11.0 Å². The van der Waals surface area contributed by atoms with Gasteiger partial charge in [0, 0.05) is 11.0 Å². The van der Waals surface area contributed by atoms with Crippen LogP contribution < -0.4 is 10.5 Å². The zero-order chi connectivity index (χ0) is 14.8. The molecule has 0 atom stereocenters. The van der Waals surface area contributed by atoms with Crippen LogP contribution >= 0.6 is 15.9 Å². The third kappa shape index (κ3) is 2.74. The van der Waals surface area contributed by atoms with Crippen LogP contribution in [0.15, 0.2) is 46.9 Å². The van der Waals surface area contributed by atoms with E-state index in [4.69, 9.17) is 10.5 Å². The quantitative estimate of drug-likeness (QED) is 0.727. The molecule has 0 saturated heterocycles. The normalized spacial score (nSPS) is 11.0. The zero-order valence-electron chi connectivity index (χ0n) is 11.7. The first-order valence-corrected chi connectivity index (χ1v) is 7.60. The van der Waals surface area contributed by atoms with E-state index in [9.17, 15) is 0 Å². The monoisotopic (exact) mass is 345 g/mol. The Balaban J connectivity index is 1.92. The molecule has 21 heavy (non-hydrogen) atoms. The van der Waals surface area contributed by atoms with Crippen molar-refractivity contribution in [2.45, 2.75) is 20.1 Å². The summed E-state index contributed by atoms with van der Waals surface area (Å²) in [5, 5.41) is 0. The van der Waals surface area contributed by atoms with Gasteiger partial charge in [-0.3, -0.25) is 0 Å². The molecule has 0 amide bonds. The highest BCUT2D eigenvalue weighted by molar-refractivity contribution is 9.10. The van der Waals surface area contributed by atoms with Crippen molar-refractivity contribution in [3.8, 4) is 5.75 Å². The Morgan fingerprint density at radius 3 is 2.81 bits per heavy atom. The maximum atomic E-state index is 5.89. The Kier molecular flexibility index (Phi) is 3.84. The van der Waals surface area contributed by atoms with Crippen molar-refractivity contribution in [1.82, 2.24) is 9.55 Å². The summed E-state index contributed by atoms with van der Waals surface area (Å²) in [6.45, 7) is 3.35. The van der Waals surface area contributed by atoms with Crippen molar-refractivity contribution in [2.24, 2.45) is 0 Å². The molecule has 0 spiro atoms. The Morgan fingerprint density at radius 2 is 2.05 bits per heavy atom. The van der Waals surface area contributed by atoms with Gasteiger partial charge in [-0.05, 0) is 37.3 Å². The molecule has 3 aromatic rings. The van der Waals surface area contributed by atoms with Gasteiger partial charge in [0.1, 0.15) is 18.2 Å². The summed E-state index contributed by atoms with van der Waals surface area (Å²) in [5.74, 6) is 1.59. The minimum Gasteiger partial charge on any atom is -0.484 e. The van der Waals surface area contributed by atoms with E-state index in [-0.39, 0.29) is 0 Å². The van der Waals surface area contributed by atoms with E-state index in [0.29, 0.717) is 18.0 Å². The van der Waals surface area contributed by atoms with E-state index in [1.807, 2.05) is 36.4 Å². The van der Waals surface area contributed by atoms with E-state index >= 15 is 0 Å². The topological polar surface area (TPSA) is 53.1 Å². The number of ether oxygens (including phenoxy) is 1. The number of nitrogens with two attached hydrogens (primary N) is 1. The predicted molar refractivity (Wildman–Crippen MR) is 88.3 cm³/mol. The molecular weight excluding hydrogens is 330 g/mol. The summed E-state index contributed by atoms with van der Waals surface area (Å²) in [6, 6.07) is 13.6. The first kappa shape index (κ1) is 13.9. The van der Waals surface area contributed by atoms with Crippen molar-refractivity contribution < 1.29 is 4.74 Å². The minimum absolute atomic E-state index is 0.397. The lowest BCUT2D eigenvalue weighted by Gasteiger charge is -2.09. The molecule has 0 fully saturated rings. The van der Waals surface area contributed by atoms with Crippen molar-refractivity contribution in [3.05, 3.63) is 52.8 Å². The van der Waals surface area contributed by atoms with Crippen molar-refractivity contribution in [1.29, 1.82) is 0 Å². The van der Waals surface area contributed by atoms with Gasteiger partial charge in [-0.1, -0.05) is 28.1 Å². The molecule has 2 aromatic carbocycles. The van der Waals surface area contributed by atoms with Gasteiger partial charge < -0.3 is 15.0 Å². The van der Waals surface area contributed by atoms with Gasteiger partial charge in [0.2, 0.25) is 0 Å². The van der Waals surface area contributed by atoms with Gasteiger partial charge in [0.25, 0.3) is 0 Å². The summed E-state index contributed by atoms with van der Waals surface area (Å²) < 4.78 is 8.98. The Hall–Kier alpha value is -2.01. The van der Waals surface area contributed by atoms with E-state index in [1.54, 1.807) is 0 Å². The number of aromatic nitrogens is 2. The Bertz CT molecular complexity index is 782. The van der Waals surface area contributed by atoms with Gasteiger partial charge in [-0.15, -0.1) is 0 Å². The standard InChI is InChI=1S/C16H16BrN3O/c1-2-20-14-8-7-11(17)9-13(14)19-16(20)10-21-15-6-4-3-5-12(15)18/h3-9H,2,10,18H2,1H3. The van der Waals surface area contributed by atoms with Crippen LogP contribution in [0.2, 0.25) is 0 Å². The van der Waals surface area contributed by atoms with Gasteiger partial charge in [0.05, 0.1) is 16.7 Å². The third-order valence-electron chi connectivity index (χ3n) is 3.38. The summed E-state index contributed by atoms with van der Waals surface area (Å²) in [6.07, 6.45) is 0. The molecule has 0 unspecified atom stereocenters. The average Bonchev–Trinajstić information content (AvgIpc) is 2.82. The highest BCUT2D eigenvalue weighted by Gasteiger charge is 2.11. The second-order valence-electron chi connectivity index (χ2n) is 4.73. The van der Waals surface area contributed by atoms with Crippen molar-refractivity contribution in [3.63, 3.8) is 0 Å². The number of nitrogens with zero attached hydrogens (tertiary/aromatic N) is 2. The molecule has 1 heterocycles. The number of halogens is 1. The molecular formula is C16H16BrN3O. The molecule has 1 aromatic heterocycles. The van der Waals surface area contributed by atoms with Crippen LogP contribution in [-0.4, -0.2) is 9.55 Å². The molecule has 0 saturated carbocycles. The first-order valence-electron chi connectivity index (χ1n) is 6.81. The molecule has 0 aliphatic rings. The summed E-state index contributed by atoms with van der Waals surface area (Å²) in [5.41, 5.74) is 8.61. The second kappa shape index (κ2) is 5.77. The van der Waals surface area contributed by atoms with E-state index in [1.165, 1.54) is 0 Å². The van der Waals surface area contributed by atoms with Crippen LogP contribution in [-0.2, 0) is 13.2 Å². The fourth-order valence-electron chi connectivity index (χ4n) is 2.37. The van der Waals surface area contributed by atoms with Crippen LogP contribution in [0.5, 0.6) is 5.75 Å². The number of hydrogen-bond acceptors (Lipinski definition) is 3. The highest BCUT2D eigenvalue weighted by atomic mass is 79.9. The number of fused-ring (bicyclic) bond motifs is 1. The highest BCUT2D eigenvalue weighted by Crippen LogP contribution is 2.24. The lowest BCUT2D eigenvalue weighted by molar-refractivity contribution is 0.292. The van der Waals surface area contributed by atoms with Crippen LogP contribution in [0, 0.1) is 0 Å². The van der Waals surface area contributed by atoms with Crippen LogP contribution in [0.1, 0.15) is 12.7 Å². The number of rotatable bonds is 4. The molecule has 0 radical (unpaired) electrons. The summed E-state index contributed by atoms with van der Waals surface area (Å²) in [4.78, 5) is 4.66. The van der Waals surface area contributed by atoms with E-state index < -0.39 is 0 Å². The number of imidazole rings is 1. The van der Waals surface area contributed by atoms with Crippen molar-refractivity contribution >= 4 is 32.7 Å². The summed E-state index contributed by atoms with van der Waals surface area (Å²) in [7, 11) is 0. The first-order chi connectivity index (χ1) is 10.2. The van der Waals surface area contributed by atoms with Gasteiger partial charge in [-0.2, -0.15) is 0 Å². The second-order valence-corrected chi connectivity index (χ2v) is 5.65. The summed E-state index contributed by atoms with van der Waals surface area (Å²) >= 11 is 3.48. The number of hydrogen-bond donors (Lipinski definition) is 1. The molecule has 0 aliphatic carbocycles. The average molecular weight is 346 g/mol. The fourth-order valence-corrected chi connectivity index (χ4v) is 2.72. The SMILES string of the molecule is CCn1c(COc2ccccc2N)nc2cc(Br)ccc21. The van der Waals surface area contributed by atoms with Crippen molar-refractivity contribution in [2.75, 3.05) is 5.73 Å². The Labute approximate surface area is 131 Å². The third-order valence-corrected chi connectivity index (χ3v) is 3.87. The maximum Gasteiger partial charge on any atom is 0.147 e. The minimum atomic E-state index is 0.397. The molecule has 3 rings (SSSR count). The van der Waals surface area contributed by atoms with Gasteiger partial charge in [0.15, 0.2) is 0 Å². The largest absolute Gasteiger partial charge is 0.484 e. The number of anilines is 1.